The summed E-state index contributed by atoms with van der Waals surface area (Å²) in [6.07, 6.45) is 3.87. The van der Waals surface area contributed by atoms with E-state index in [0.29, 0.717) is 45.8 Å². The fraction of sp³-hybridized carbons (Fsp3) is 0.400. The number of esters is 1. The number of hydrogen-bond acceptors (Lipinski definition) is 8. The summed E-state index contributed by atoms with van der Waals surface area (Å²) < 4.78 is 29.6. The minimum absolute atomic E-state index is 0.0417. The number of aromatic nitrogens is 5. The fourth-order valence-electron chi connectivity index (χ4n) is 5.20. The molecule has 2 bridgehead atoms. The van der Waals surface area contributed by atoms with Crippen molar-refractivity contribution in [1.29, 1.82) is 0 Å². The molecule has 3 N–H and O–H groups in total. The number of fused-ring (bicyclic) bond motifs is 7. The molecule has 0 amide bonds. The van der Waals surface area contributed by atoms with Crippen molar-refractivity contribution in [1.82, 2.24) is 24.5 Å². The molecule has 1 aromatic carbocycles. The van der Waals surface area contributed by atoms with Crippen LogP contribution in [0.1, 0.15) is 56.9 Å². The molecule has 226 valence electrons. The lowest BCUT2D eigenvalue weighted by atomic mass is 9.63. The van der Waals surface area contributed by atoms with Crippen molar-refractivity contribution in [3.63, 3.8) is 0 Å². The lowest BCUT2D eigenvalue weighted by Crippen LogP contribution is -2.38. The monoisotopic (exact) mass is 615 g/mol. The lowest BCUT2D eigenvalue weighted by molar-refractivity contribution is -0.145. The fourth-order valence-corrected chi connectivity index (χ4v) is 5.44. The van der Waals surface area contributed by atoms with E-state index in [1.165, 1.54) is 16.8 Å². The number of nitrogens with one attached hydrogen (secondary N) is 1. The van der Waals surface area contributed by atoms with Crippen molar-refractivity contribution < 1.29 is 18.7 Å². The van der Waals surface area contributed by atoms with Crippen molar-refractivity contribution in [3.05, 3.63) is 64.3 Å². The number of nitrogens with zero attached hydrogens (tertiary/aromatic N) is 5. The van der Waals surface area contributed by atoms with Crippen LogP contribution in [0.5, 0.6) is 5.75 Å². The summed E-state index contributed by atoms with van der Waals surface area (Å²) in [5, 5.41) is 11.0. The Kier molecular flexibility index (Phi) is 8.82. The van der Waals surface area contributed by atoms with Crippen molar-refractivity contribution in [2.45, 2.75) is 58.0 Å². The number of ether oxygens (including phenoxy) is 2. The maximum atomic E-state index is 14.6. The minimum atomic E-state index is -1.41. The molecule has 14 heteroatoms. The van der Waals surface area contributed by atoms with Gasteiger partial charge in [-0.2, -0.15) is 10.2 Å². The summed E-state index contributed by atoms with van der Waals surface area (Å²) in [6, 6.07) is 5.47. The van der Waals surface area contributed by atoms with Crippen molar-refractivity contribution >= 4 is 39.1 Å². The van der Waals surface area contributed by atoms with Gasteiger partial charge < -0.3 is 20.5 Å². The molecular formula is C30H33B2ClFN7O3. The van der Waals surface area contributed by atoms with Gasteiger partial charge in [-0.3, -0.25) is 14.2 Å². The number of halogens is 2. The number of hydrogen-bond donors (Lipinski definition) is 2. The average molecular weight is 616 g/mol. The van der Waals surface area contributed by atoms with Gasteiger partial charge in [0, 0.05) is 53.7 Å². The van der Waals surface area contributed by atoms with E-state index in [1.54, 1.807) is 36.9 Å². The van der Waals surface area contributed by atoms with E-state index < -0.39 is 29.3 Å². The quantitative estimate of drug-likeness (QED) is 0.178. The molecule has 10 nitrogen and oxygen atoms in total. The van der Waals surface area contributed by atoms with Gasteiger partial charge in [0.25, 0.3) is 0 Å². The summed E-state index contributed by atoms with van der Waals surface area (Å²) in [6.45, 7) is 7.04. The van der Waals surface area contributed by atoms with Gasteiger partial charge in [0.2, 0.25) is 0 Å². The first-order valence-corrected chi connectivity index (χ1v) is 14.7. The standard InChI is InChI=1S/C30H33B2ClFN7O3/c1-6-15(2)24(35)29(42)43-14-37-28-23-10-17(12-36-28)26-22(27(33)39-41(26)30(4,31)32)9-18-13-40(5)38-25(18)20-8-7-19(34)11-21(20)16(3)44-23/h7-8,10-13,15-16,24H,6,9,14,35H2,1-5H3,(H,36,37)/t15?,16-,24?/m1/s1. The van der Waals surface area contributed by atoms with E-state index in [2.05, 4.69) is 15.4 Å². The zero-order chi connectivity index (χ0) is 31.9. The lowest BCUT2D eigenvalue weighted by Gasteiger charge is -2.25. The van der Waals surface area contributed by atoms with Crippen LogP contribution < -0.4 is 15.8 Å². The predicted octanol–water partition coefficient (Wildman–Crippen LogP) is 4.44. The number of nitrogens with two attached hydrogens (primary N) is 1. The number of anilines is 1. The maximum Gasteiger partial charge on any atom is 0.324 e. The second-order valence-electron chi connectivity index (χ2n) is 11.4. The number of aryl methyl sites for hydroxylation is 1. The number of benzene rings is 1. The van der Waals surface area contributed by atoms with Crippen molar-refractivity contribution in [2.24, 2.45) is 18.7 Å². The highest BCUT2D eigenvalue weighted by atomic mass is 35.5. The zero-order valence-corrected chi connectivity index (χ0v) is 26.0. The van der Waals surface area contributed by atoms with Crippen LogP contribution in [0.15, 0.2) is 36.7 Å². The normalized spacial score (nSPS) is 15.9. The molecule has 4 heterocycles. The van der Waals surface area contributed by atoms with E-state index >= 15 is 0 Å². The van der Waals surface area contributed by atoms with Crippen LogP contribution in [0, 0.1) is 11.7 Å². The molecule has 3 atom stereocenters. The Balaban J connectivity index is 1.64. The van der Waals surface area contributed by atoms with Crippen molar-refractivity contribution in [2.75, 3.05) is 12.0 Å². The molecule has 3 aromatic heterocycles. The van der Waals surface area contributed by atoms with Gasteiger partial charge in [-0.15, -0.1) is 0 Å². The molecule has 0 spiro atoms. The highest BCUT2D eigenvalue weighted by molar-refractivity contribution is 6.37. The molecule has 0 aliphatic carbocycles. The smallest absolute Gasteiger partial charge is 0.324 e. The first kappa shape index (κ1) is 31.6. The second kappa shape index (κ2) is 12.3. The van der Waals surface area contributed by atoms with Gasteiger partial charge >= 0.3 is 5.97 Å². The molecule has 5 rings (SSSR count). The van der Waals surface area contributed by atoms with Crippen molar-refractivity contribution in [3.8, 4) is 28.3 Å². The van der Waals surface area contributed by atoms with E-state index in [4.69, 9.17) is 47.6 Å². The summed E-state index contributed by atoms with van der Waals surface area (Å²) in [5.41, 5.74) is 10.5. The van der Waals surface area contributed by atoms with Crippen LogP contribution >= 0.6 is 11.6 Å². The largest absolute Gasteiger partial charge is 0.482 e. The average Bonchev–Trinajstić information content (AvgIpc) is 3.51. The third-order valence-electron chi connectivity index (χ3n) is 7.78. The number of pyridine rings is 1. The van der Waals surface area contributed by atoms with Gasteiger partial charge in [0.05, 0.1) is 27.1 Å². The SMILES string of the molecule is [B]C([B])(C)n1nc(Cl)c2c1-c1cnc(NCOC(=O)C(N)C(C)CC)c(c1)O[C@H](C)c1cc(F)ccc1-c1nn(C)cc1C2. The number of carbonyl (C=O) groups excluding carboxylic acids is 1. The van der Waals surface area contributed by atoms with Crippen LogP contribution in [0.4, 0.5) is 10.2 Å². The third-order valence-corrected chi connectivity index (χ3v) is 8.09. The summed E-state index contributed by atoms with van der Waals surface area (Å²) in [7, 11) is 14.5. The number of carbonyl (C=O) groups is 1. The Morgan fingerprint density at radius 2 is 2.09 bits per heavy atom. The molecule has 0 fully saturated rings. The highest BCUT2D eigenvalue weighted by Gasteiger charge is 2.29. The third kappa shape index (κ3) is 6.21. The van der Waals surface area contributed by atoms with E-state index in [1.807, 2.05) is 27.1 Å². The summed E-state index contributed by atoms with van der Waals surface area (Å²) >= 11 is 6.74. The summed E-state index contributed by atoms with van der Waals surface area (Å²) in [4.78, 5) is 17.1. The van der Waals surface area contributed by atoms with E-state index in [0.717, 1.165) is 12.0 Å². The molecule has 44 heavy (non-hydrogen) atoms. The Morgan fingerprint density at radius 3 is 2.80 bits per heavy atom. The number of rotatable bonds is 7. The molecule has 1 aliphatic heterocycles. The second-order valence-corrected chi connectivity index (χ2v) is 11.7. The Hall–Kier alpha value is -3.83. The Morgan fingerprint density at radius 1 is 1.34 bits per heavy atom. The van der Waals surface area contributed by atoms with Gasteiger partial charge in [-0.05, 0) is 42.4 Å². The molecular weight excluding hydrogens is 582 g/mol. The summed E-state index contributed by atoms with van der Waals surface area (Å²) in [5.74, 6) is -0.429. The van der Waals surface area contributed by atoms with Crippen LogP contribution in [0.2, 0.25) is 5.15 Å². The van der Waals surface area contributed by atoms with Crippen LogP contribution in [-0.2, 0) is 28.3 Å². The van der Waals surface area contributed by atoms with Crippen LogP contribution in [0.25, 0.3) is 22.5 Å². The van der Waals surface area contributed by atoms with Crippen LogP contribution in [0.3, 0.4) is 0 Å². The van der Waals surface area contributed by atoms with Gasteiger partial charge in [-0.25, -0.2) is 9.37 Å². The topological polar surface area (TPSA) is 122 Å². The molecule has 2 unspecified atom stereocenters. The Bertz CT molecular complexity index is 1700. The molecule has 0 saturated heterocycles. The molecule has 0 saturated carbocycles. The highest BCUT2D eigenvalue weighted by Crippen LogP contribution is 2.41. The van der Waals surface area contributed by atoms with Crippen LogP contribution in [-0.4, -0.2) is 59.0 Å². The van der Waals surface area contributed by atoms with Gasteiger partial charge in [0.15, 0.2) is 23.5 Å². The van der Waals surface area contributed by atoms with Gasteiger partial charge in [0.1, 0.15) is 18.0 Å². The first-order valence-electron chi connectivity index (χ1n) is 14.3. The van der Waals surface area contributed by atoms with Gasteiger partial charge in [-0.1, -0.05) is 38.8 Å². The maximum absolute atomic E-state index is 14.6. The predicted molar refractivity (Wildman–Crippen MR) is 168 cm³/mol. The molecule has 4 radical (unpaired) electrons. The minimum Gasteiger partial charge on any atom is -0.482 e. The van der Waals surface area contributed by atoms with E-state index in [9.17, 15) is 9.18 Å². The molecule has 1 aliphatic rings. The first-order chi connectivity index (χ1) is 20.8. The zero-order valence-electron chi connectivity index (χ0n) is 25.3. The molecule has 4 aromatic rings. The Labute approximate surface area is 263 Å². The van der Waals surface area contributed by atoms with E-state index in [-0.39, 0.29) is 23.6 Å².